The lowest BCUT2D eigenvalue weighted by Gasteiger charge is -2.26. The van der Waals surface area contributed by atoms with E-state index in [9.17, 15) is 4.79 Å². The molecule has 0 atom stereocenters. The van der Waals surface area contributed by atoms with Crippen LogP contribution in [-0.2, 0) is 22.5 Å². The predicted octanol–water partition coefficient (Wildman–Crippen LogP) is 23.2. The van der Waals surface area contributed by atoms with Crippen molar-refractivity contribution in [2.75, 3.05) is 7.05 Å². The SMILES string of the molecule is CN=C1CCc2cccc3ccc(-c4cc(-c5ccccc5)c(-c5ccc6cccc7c6c5/C(=N/OC(C)=O)CC7)cc4-c4ccccc4)c1c23.c1ccc(-c2c3nc4ccc5cccc6ccc(c3c(-c3ccccc3)c3nc7ccc8cccc9ccc(c23)c7c89)c4c56)cc1. The van der Waals surface area contributed by atoms with Gasteiger partial charge in [-0.2, -0.15) is 0 Å². The summed E-state index contributed by atoms with van der Waals surface area (Å²) < 4.78 is 0. The molecule has 0 saturated heterocycles. The molecule has 18 aromatic rings. The zero-order chi connectivity index (χ0) is 64.4. The van der Waals surface area contributed by atoms with Crippen molar-refractivity contribution >= 4 is 126 Å². The summed E-state index contributed by atoms with van der Waals surface area (Å²) in [5, 5.41) is 24.1. The Morgan fingerprint density at radius 1 is 0.320 bits per heavy atom. The van der Waals surface area contributed by atoms with Crippen LogP contribution in [0.2, 0.25) is 0 Å². The second kappa shape index (κ2) is 22.5. The molecule has 20 rings (SSSR count). The van der Waals surface area contributed by atoms with Gasteiger partial charge >= 0.3 is 5.97 Å². The fourth-order valence-corrected chi connectivity index (χ4v) is 16.5. The lowest BCUT2D eigenvalue weighted by Crippen LogP contribution is -2.14. The average Bonchev–Trinajstić information content (AvgIpc) is 0.694. The molecule has 0 unspecified atom stereocenters. The molecule has 2 aromatic heterocycles. The molecule has 0 radical (unpaired) electrons. The van der Waals surface area contributed by atoms with Crippen LogP contribution in [0.5, 0.6) is 0 Å². The molecular formula is C91H60N4O2. The molecular weight excluding hydrogens is 1180 g/mol. The summed E-state index contributed by atoms with van der Waals surface area (Å²) >= 11 is 0. The summed E-state index contributed by atoms with van der Waals surface area (Å²) in [6, 6.07) is 101. The molecule has 0 fully saturated rings. The summed E-state index contributed by atoms with van der Waals surface area (Å²) in [6.07, 6.45) is 3.42. The van der Waals surface area contributed by atoms with Crippen LogP contribution >= 0.6 is 0 Å². The molecule has 97 heavy (non-hydrogen) atoms. The van der Waals surface area contributed by atoms with E-state index in [1.807, 2.05) is 7.05 Å². The zero-order valence-electron chi connectivity index (χ0n) is 53.5. The van der Waals surface area contributed by atoms with Crippen LogP contribution in [0.4, 0.5) is 0 Å². The van der Waals surface area contributed by atoms with Crippen molar-refractivity contribution in [3.05, 3.63) is 301 Å². The Morgan fingerprint density at radius 3 is 1.11 bits per heavy atom. The van der Waals surface area contributed by atoms with Crippen LogP contribution < -0.4 is 0 Å². The Hall–Kier alpha value is -12.3. The van der Waals surface area contributed by atoms with Gasteiger partial charge in [0.25, 0.3) is 0 Å². The maximum atomic E-state index is 12.0. The minimum absolute atomic E-state index is 0.423. The minimum atomic E-state index is -0.423. The average molecular weight is 1240 g/mol. The first-order valence-electron chi connectivity index (χ1n) is 33.5. The van der Waals surface area contributed by atoms with Crippen molar-refractivity contribution in [2.45, 2.75) is 32.6 Å². The summed E-state index contributed by atoms with van der Waals surface area (Å²) in [7, 11) is 1.93. The van der Waals surface area contributed by atoms with Crippen LogP contribution in [0.15, 0.2) is 289 Å². The van der Waals surface area contributed by atoms with E-state index in [2.05, 4.69) is 284 Å². The highest BCUT2D eigenvalue weighted by Crippen LogP contribution is 2.52. The monoisotopic (exact) mass is 1240 g/mol. The maximum absolute atomic E-state index is 12.0. The molecule has 16 aromatic carbocycles. The van der Waals surface area contributed by atoms with E-state index in [-0.39, 0.29) is 0 Å². The van der Waals surface area contributed by atoms with Crippen LogP contribution in [0.1, 0.15) is 42.0 Å². The molecule has 0 bridgehead atoms. The second-order valence-electron chi connectivity index (χ2n) is 25.9. The maximum Gasteiger partial charge on any atom is 0.331 e. The van der Waals surface area contributed by atoms with Gasteiger partial charge < -0.3 is 4.84 Å². The Kier molecular flexibility index (Phi) is 13.0. The fourth-order valence-electron chi connectivity index (χ4n) is 16.5. The lowest BCUT2D eigenvalue weighted by atomic mass is 9.78. The number of fused-ring (bicyclic) bond motifs is 4. The summed E-state index contributed by atoms with van der Waals surface area (Å²) in [6.45, 7) is 1.40. The van der Waals surface area contributed by atoms with E-state index in [1.165, 1.54) is 105 Å². The number of hydrogen-bond donors (Lipinski definition) is 0. The van der Waals surface area contributed by atoms with Gasteiger partial charge in [0.05, 0.1) is 27.8 Å². The van der Waals surface area contributed by atoms with E-state index in [4.69, 9.17) is 19.8 Å². The van der Waals surface area contributed by atoms with Crippen molar-refractivity contribution in [3.8, 4) is 66.8 Å². The number of aromatic nitrogens is 2. The van der Waals surface area contributed by atoms with Gasteiger partial charge in [-0.25, -0.2) is 14.8 Å². The fraction of sp³-hybridized carbons (Fsp3) is 0.0659. The first kappa shape index (κ1) is 56.3. The molecule has 0 amide bonds. The first-order chi connectivity index (χ1) is 47.9. The molecule has 6 heteroatoms. The van der Waals surface area contributed by atoms with Crippen molar-refractivity contribution in [3.63, 3.8) is 0 Å². The number of aliphatic imine (C=N–C) groups is 1. The van der Waals surface area contributed by atoms with Gasteiger partial charge in [0.1, 0.15) is 0 Å². The third kappa shape index (κ3) is 8.90. The number of hydrogen-bond acceptors (Lipinski definition) is 6. The zero-order valence-corrected chi connectivity index (χ0v) is 53.5. The van der Waals surface area contributed by atoms with Crippen molar-refractivity contribution in [1.82, 2.24) is 9.97 Å². The number of pyridine rings is 2. The number of aryl methyl sites for hydroxylation is 2. The van der Waals surface area contributed by atoms with Crippen LogP contribution in [0, 0.1) is 0 Å². The number of carbonyl (C=O) groups is 1. The molecule has 0 saturated carbocycles. The third-order valence-corrected chi connectivity index (χ3v) is 20.6. The quantitative estimate of drug-likeness (QED) is 0.0689. The topological polar surface area (TPSA) is 76.8 Å². The molecule has 2 aliphatic carbocycles. The minimum Gasteiger partial charge on any atom is -0.318 e. The number of benzene rings is 16. The number of rotatable bonds is 7. The highest BCUT2D eigenvalue weighted by Gasteiger charge is 2.30. The standard InChI is InChI=1S/C47H36N2O2.C44H24N2/c1-29(50)51-49-43-26-22-35-18-10-16-33-20-24-37(47(43)45(33)35)41-28-38(30-11-5-3-6-12-30)40(27-39(41)31-13-7-4-8-14-31)36-23-19-32-15-9-17-34-21-25-42(48-2)46(36)44(32)34;1-3-9-25(10-4-1)37-41-31-21-17-27-13-7-15-29-20-24-34(39(31)35(27)29)46-44(41)38(26-11-5-2-6-12-26)42-32-22-18-28-14-8-16-30-19-23-33(45-43(37)42)40(32)36(28)30/h3-20,23-24,27-28H,21-22,25-26H2,1-2H3;1-24H/b48-42?,49-43+;. The molecule has 6 nitrogen and oxygen atoms in total. The van der Waals surface area contributed by atoms with E-state index in [0.29, 0.717) is 6.42 Å². The molecule has 2 heterocycles. The highest BCUT2D eigenvalue weighted by molar-refractivity contribution is 6.38. The molecule has 0 N–H and O–H groups in total. The third-order valence-electron chi connectivity index (χ3n) is 20.6. The normalized spacial score (nSPS) is 13.8. The van der Waals surface area contributed by atoms with Gasteiger partial charge in [0.15, 0.2) is 0 Å². The molecule has 0 spiro atoms. The van der Waals surface area contributed by atoms with Gasteiger partial charge in [0, 0.05) is 63.5 Å². The molecule has 0 aliphatic heterocycles. The predicted molar refractivity (Wildman–Crippen MR) is 406 cm³/mol. The van der Waals surface area contributed by atoms with Crippen LogP contribution in [-0.4, -0.2) is 34.4 Å². The largest absolute Gasteiger partial charge is 0.331 e. The van der Waals surface area contributed by atoms with E-state index in [0.717, 1.165) is 130 Å². The summed E-state index contributed by atoms with van der Waals surface area (Å²) in [5.74, 6) is -0.423. The Labute approximate surface area is 559 Å². The van der Waals surface area contributed by atoms with Crippen molar-refractivity contribution in [1.29, 1.82) is 0 Å². The van der Waals surface area contributed by atoms with Gasteiger partial charge in [0.2, 0.25) is 0 Å². The summed E-state index contributed by atoms with van der Waals surface area (Å²) in [5.41, 5.74) is 24.6. The van der Waals surface area contributed by atoms with Gasteiger partial charge in [-0.05, 0) is 181 Å². The Balaban J connectivity index is 0.000000137. The van der Waals surface area contributed by atoms with Crippen molar-refractivity contribution in [2.24, 2.45) is 10.1 Å². The van der Waals surface area contributed by atoms with Gasteiger partial charge in [-0.1, -0.05) is 260 Å². The van der Waals surface area contributed by atoms with Gasteiger partial charge in [-0.3, -0.25) is 4.99 Å². The lowest BCUT2D eigenvalue weighted by molar-refractivity contribution is -0.140. The smallest absolute Gasteiger partial charge is 0.318 e. The second-order valence-corrected chi connectivity index (χ2v) is 25.9. The van der Waals surface area contributed by atoms with Crippen LogP contribution in [0.25, 0.3) is 175 Å². The number of nitrogens with zero attached hydrogens (tertiary/aromatic N) is 4. The van der Waals surface area contributed by atoms with E-state index in [1.54, 1.807) is 0 Å². The Morgan fingerprint density at radius 2 is 0.691 bits per heavy atom. The van der Waals surface area contributed by atoms with Crippen molar-refractivity contribution < 1.29 is 9.63 Å². The summed E-state index contributed by atoms with van der Waals surface area (Å²) in [4.78, 5) is 33.5. The number of oxime groups is 1. The van der Waals surface area contributed by atoms with E-state index >= 15 is 0 Å². The van der Waals surface area contributed by atoms with Gasteiger partial charge in [-0.15, -0.1) is 0 Å². The van der Waals surface area contributed by atoms with Crippen LogP contribution in [0.3, 0.4) is 0 Å². The number of carbonyl (C=O) groups excluding carboxylic acids is 1. The Bertz CT molecular complexity index is 6120. The molecule has 2 aliphatic rings. The van der Waals surface area contributed by atoms with E-state index < -0.39 is 5.97 Å². The molecule has 456 valence electrons. The highest BCUT2D eigenvalue weighted by atomic mass is 16.7. The first-order valence-corrected chi connectivity index (χ1v) is 33.5.